The standard InChI is InChI=1S/C18H21BrO5/c1-21-16(20)18-6-5-17(23-8-9-24-17)11-12(18)4-7-22-15-10-13(19)2-3-14(15)18/h2-3,10,12H,4-9,11H2,1H3. The molecule has 1 saturated carbocycles. The van der Waals surface area contributed by atoms with Crippen molar-refractivity contribution in [3.63, 3.8) is 0 Å². The lowest BCUT2D eigenvalue weighted by molar-refractivity contribution is -0.204. The number of carbonyl (C=O) groups excluding carboxylic acids is 1. The SMILES string of the molecule is COC(=O)C12CCC3(CC1CCOc1cc(Br)ccc12)OCCO3. The number of fused-ring (bicyclic) bond motifs is 3. The van der Waals surface area contributed by atoms with E-state index in [1.807, 2.05) is 18.2 Å². The second kappa shape index (κ2) is 6.00. The number of hydrogen-bond acceptors (Lipinski definition) is 5. The molecule has 1 aliphatic carbocycles. The Labute approximate surface area is 149 Å². The lowest BCUT2D eigenvalue weighted by Gasteiger charge is -2.47. The van der Waals surface area contributed by atoms with Crippen molar-refractivity contribution in [1.29, 1.82) is 0 Å². The molecule has 0 radical (unpaired) electrons. The highest BCUT2D eigenvalue weighted by atomic mass is 79.9. The highest BCUT2D eigenvalue weighted by molar-refractivity contribution is 9.10. The maximum atomic E-state index is 13.0. The van der Waals surface area contributed by atoms with Gasteiger partial charge >= 0.3 is 5.97 Å². The molecule has 4 rings (SSSR count). The molecule has 3 aliphatic rings. The molecular weight excluding hydrogens is 376 g/mol. The first-order valence-corrected chi connectivity index (χ1v) is 9.18. The molecule has 5 nitrogen and oxygen atoms in total. The molecule has 1 aromatic rings. The predicted molar refractivity (Wildman–Crippen MR) is 89.9 cm³/mol. The van der Waals surface area contributed by atoms with Crippen molar-refractivity contribution < 1.29 is 23.7 Å². The van der Waals surface area contributed by atoms with Gasteiger partial charge in [0, 0.05) is 22.9 Å². The fourth-order valence-electron chi connectivity index (χ4n) is 4.56. The van der Waals surface area contributed by atoms with Crippen molar-refractivity contribution in [1.82, 2.24) is 0 Å². The van der Waals surface area contributed by atoms with Gasteiger partial charge in [-0.2, -0.15) is 0 Å². The van der Waals surface area contributed by atoms with Gasteiger partial charge in [0.1, 0.15) is 5.75 Å². The van der Waals surface area contributed by atoms with Crippen molar-refractivity contribution >= 4 is 21.9 Å². The Bertz CT molecular complexity index is 655. The molecule has 1 saturated heterocycles. The highest BCUT2D eigenvalue weighted by Crippen LogP contribution is 2.55. The van der Waals surface area contributed by atoms with Gasteiger partial charge in [-0.1, -0.05) is 22.0 Å². The van der Waals surface area contributed by atoms with Crippen LogP contribution in [0.1, 0.15) is 31.2 Å². The van der Waals surface area contributed by atoms with Crippen LogP contribution in [0.2, 0.25) is 0 Å². The summed E-state index contributed by atoms with van der Waals surface area (Å²) in [6, 6.07) is 5.89. The molecule has 0 N–H and O–H groups in total. The summed E-state index contributed by atoms with van der Waals surface area (Å²) >= 11 is 3.49. The zero-order chi connectivity index (χ0) is 16.8. The Morgan fingerprint density at radius 3 is 2.79 bits per heavy atom. The van der Waals surface area contributed by atoms with E-state index in [0.717, 1.165) is 22.2 Å². The Hall–Kier alpha value is -1.11. The summed E-state index contributed by atoms with van der Waals surface area (Å²) in [5.74, 6) is 0.109. The zero-order valence-electron chi connectivity index (χ0n) is 13.7. The Kier molecular flexibility index (Phi) is 4.09. The Morgan fingerprint density at radius 1 is 1.25 bits per heavy atom. The van der Waals surface area contributed by atoms with Crippen LogP contribution in [-0.4, -0.2) is 38.7 Å². The number of esters is 1. The fourth-order valence-corrected chi connectivity index (χ4v) is 4.90. The van der Waals surface area contributed by atoms with Crippen molar-refractivity contribution in [3.8, 4) is 5.75 Å². The number of methoxy groups -OCH3 is 1. The van der Waals surface area contributed by atoms with Gasteiger partial charge in [-0.3, -0.25) is 4.79 Å². The van der Waals surface area contributed by atoms with E-state index in [1.165, 1.54) is 7.11 Å². The smallest absolute Gasteiger partial charge is 0.316 e. The van der Waals surface area contributed by atoms with E-state index >= 15 is 0 Å². The average molecular weight is 397 g/mol. The first kappa shape index (κ1) is 16.4. The van der Waals surface area contributed by atoms with Crippen molar-refractivity contribution in [2.24, 2.45) is 5.92 Å². The molecule has 130 valence electrons. The molecule has 2 fully saturated rings. The van der Waals surface area contributed by atoms with Crippen molar-refractivity contribution in [2.75, 3.05) is 26.9 Å². The van der Waals surface area contributed by atoms with Gasteiger partial charge in [-0.15, -0.1) is 0 Å². The summed E-state index contributed by atoms with van der Waals surface area (Å²) in [5, 5.41) is 0. The fraction of sp³-hybridized carbons (Fsp3) is 0.611. The molecule has 6 heteroatoms. The monoisotopic (exact) mass is 396 g/mol. The first-order valence-electron chi connectivity index (χ1n) is 8.39. The largest absolute Gasteiger partial charge is 0.493 e. The second-order valence-electron chi connectivity index (χ2n) is 6.75. The molecule has 2 atom stereocenters. The number of carbonyl (C=O) groups is 1. The quantitative estimate of drug-likeness (QED) is 0.682. The number of ether oxygens (including phenoxy) is 4. The van der Waals surface area contributed by atoms with Gasteiger partial charge in [-0.05, 0) is 30.9 Å². The molecule has 0 amide bonds. The number of hydrogen-bond donors (Lipinski definition) is 0. The maximum Gasteiger partial charge on any atom is 0.316 e. The van der Waals surface area contributed by atoms with Crippen LogP contribution in [0.15, 0.2) is 22.7 Å². The first-order chi connectivity index (χ1) is 11.6. The van der Waals surface area contributed by atoms with E-state index in [0.29, 0.717) is 39.1 Å². The second-order valence-corrected chi connectivity index (χ2v) is 7.66. The zero-order valence-corrected chi connectivity index (χ0v) is 15.3. The predicted octanol–water partition coefficient (Wildman–Crippen LogP) is 3.19. The molecule has 0 bridgehead atoms. The Balaban J connectivity index is 1.82. The van der Waals surface area contributed by atoms with Crippen LogP contribution >= 0.6 is 15.9 Å². The minimum atomic E-state index is -0.693. The van der Waals surface area contributed by atoms with Gasteiger partial charge in [0.05, 0.1) is 32.3 Å². The highest BCUT2D eigenvalue weighted by Gasteiger charge is 2.58. The van der Waals surface area contributed by atoms with Crippen LogP contribution in [0.3, 0.4) is 0 Å². The molecule has 1 spiro atoms. The minimum absolute atomic E-state index is 0.0687. The summed E-state index contributed by atoms with van der Waals surface area (Å²) < 4.78 is 24.0. The van der Waals surface area contributed by atoms with Gasteiger partial charge in [-0.25, -0.2) is 0 Å². The molecule has 0 aromatic heterocycles. The van der Waals surface area contributed by atoms with Gasteiger partial charge in [0.15, 0.2) is 5.79 Å². The average Bonchev–Trinajstić information content (AvgIpc) is 2.97. The van der Waals surface area contributed by atoms with E-state index in [2.05, 4.69) is 15.9 Å². The lowest BCUT2D eigenvalue weighted by Crippen LogP contribution is -2.52. The van der Waals surface area contributed by atoms with Gasteiger partial charge in [0.25, 0.3) is 0 Å². The number of halogens is 1. The van der Waals surface area contributed by atoms with Gasteiger partial charge in [0.2, 0.25) is 0 Å². The van der Waals surface area contributed by atoms with Crippen LogP contribution in [-0.2, 0) is 24.4 Å². The third kappa shape index (κ3) is 2.38. The van der Waals surface area contributed by atoms with E-state index in [9.17, 15) is 4.79 Å². The summed E-state index contributed by atoms with van der Waals surface area (Å²) in [6.45, 7) is 1.82. The number of rotatable bonds is 1. The van der Waals surface area contributed by atoms with Crippen LogP contribution < -0.4 is 4.74 Å². The minimum Gasteiger partial charge on any atom is -0.493 e. The molecule has 2 unspecified atom stereocenters. The van der Waals surface area contributed by atoms with Crippen molar-refractivity contribution in [2.45, 2.75) is 36.9 Å². The molecule has 1 aromatic carbocycles. The van der Waals surface area contributed by atoms with E-state index in [4.69, 9.17) is 18.9 Å². The lowest BCUT2D eigenvalue weighted by atomic mass is 9.60. The molecule has 2 aliphatic heterocycles. The van der Waals surface area contributed by atoms with E-state index < -0.39 is 11.2 Å². The Morgan fingerprint density at radius 2 is 2.04 bits per heavy atom. The third-order valence-electron chi connectivity index (χ3n) is 5.67. The third-order valence-corrected chi connectivity index (χ3v) is 6.16. The van der Waals surface area contributed by atoms with E-state index in [-0.39, 0.29) is 11.9 Å². The number of benzene rings is 1. The molecule has 24 heavy (non-hydrogen) atoms. The van der Waals surface area contributed by atoms with Crippen LogP contribution in [0.5, 0.6) is 5.75 Å². The normalized spacial score (nSPS) is 30.8. The summed E-state index contributed by atoms with van der Waals surface area (Å²) in [7, 11) is 1.46. The topological polar surface area (TPSA) is 54.0 Å². The molecule has 2 heterocycles. The summed E-state index contributed by atoms with van der Waals surface area (Å²) in [4.78, 5) is 13.0. The summed E-state index contributed by atoms with van der Waals surface area (Å²) in [6.07, 6.45) is 2.80. The van der Waals surface area contributed by atoms with Gasteiger partial charge < -0.3 is 18.9 Å². The van der Waals surface area contributed by atoms with E-state index in [1.54, 1.807) is 0 Å². The van der Waals surface area contributed by atoms with Crippen LogP contribution in [0.4, 0.5) is 0 Å². The maximum absolute atomic E-state index is 13.0. The molecular formula is C18H21BrO5. The van der Waals surface area contributed by atoms with Crippen LogP contribution in [0.25, 0.3) is 0 Å². The summed E-state index contributed by atoms with van der Waals surface area (Å²) in [5.41, 5.74) is 0.231. The van der Waals surface area contributed by atoms with Crippen LogP contribution in [0, 0.1) is 5.92 Å². The van der Waals surface area contributed by atoms with Crippen molar-refractivity contribution in [3.05, 3.63) is 28.2 Å².